The molecule has 4 heterocycles. The largest absolute Gasteiger partial charge is 0.496 e. The van der Waals surface area contributed by atoms with E-state index >= 15 is 0 Å². The Morgan fingerprint density at radius 3 is 2.43 bits per heavy atom. The van der Waals surface area contributed by atoms with E-state index in [0.29, 0.717) is 60.3 Å². The topological polar surface area (TPSA) is 140 Å². The molecule has 0 bridgehead atoms. The second kappa shape index (κ2) is 16.1. The van der Waals surface area contributed by atoms with Gasteiger partial charge >= 0.3 is 12.0 Å². The van der Waals surface area contributed by atoms with Gasteiger partial charge in [-0.3, -0.25) is 4.79 Å². The number of aliphatic carboxylic acids is 1. The molecule has 3 aromatic rings. The van der Waals surface area contributed by atoms with Crippen LogP contribution in [0.1, 0.15) is 78.0 Å². The van der Waals surface area contributed by atoms with Crippen LogP contribution in [0.4, 0.5) is 4.79 Å². The highest BCUT2D eigenvalue weighted by atomic mass is 35.5. The first-order valence-electron chi connectivity index (χ1n) is 18.6. The Morgan fingerprint density at radius 2 is 1.72 bits per heavy atom. The predicted molar refractivity (Wildman–Crippen MR) is 207 cm³/mol. The quantitative estimate of drug-likeness (QED) is 0.222. The number of nitrogens with zero attached hydrogens (tertiary/aromatic N) is 6. The fourth-order valence-electron chi connectivity index (χ4n) is 8.55. The van der Waals surface area contributed by atoms with Crippen LogP contribution in [-0.2, 0) is 15.7 Å². The number of likely N-dealkylation sites (tertiary alicyclic amines) is 3. The Balaban J connectivity index is 1.09. The van der Waals surface area contributed by atoms with E-state index in [0.717, 1.165) is 62.0 Å². The fourth-order valence-corrected chi connectivity index (χ4v) is 8.84. The van der Waals surface area contributed by atoms with Gasteiger partial charge in [-0.25, -0.2) is 9.59 Å². The highest BCUT2D eigenvalue weighted by molar-refractivity contribution is 6.42. The molecule has 3 fully saturated rings. The number of carboxylic acids is 1. The molecule has 4 aliphatic heterocycles. The maximum Gasteiger partial charge on any atom is 0.326 e. The van der Waals surface area contributed by atoms with Gasteiger partial charge in [-0.15, -0.1) is 5.10 Å². The van der Waals surface area contributed by atoms with Gasteiger partial charge in [0, 0.05) is 38.1 Å². The van der Waals surface area contributed by atoms with Crippen LogP contribution in [-0.4, -0.2) is 96.3 Å². The van der Waals surface area contributed by atoms with Crippen molar-refractivity contribution in [3.05, 3.63) is 99.0 Å². The SMILES string of the molecule is COc1ccc(C2C=NN=N2)cc1C(=O)N1CCC(CCN2CCC(NC(=O)N3CCCCC3C(=O)O)(c3ccccc3)CC2)(c2ccc(Cl)c(Cl)c2)C1. The molecule has 14 heteroatoms. The highest BCUT2D eigenvalue weighted by Crippen LogP contribution is 2.42. The molecule has 3 atom stereocenters. The molecule has 0 saturated carbocycles. The first-order valence-corrected chi connectivity index (χ1v) is 19.3. The average Bonchev–Trinajstić information content (AvgIpc) is 3.91. The van der Waals surface area contributed by atoms with E-state index in [-0.39, 0.29) is 23.4 Å². The van der Waals surface area contributed by atoms with Crippen LogP contribution in [0.3, 0.4) is 0 Å². The second-order valence-electron chi connectivity index (χ2n) is 14.8. The summed E-state index contributed by atoms with van der Waals surface area (Å²) in [6.07, 6.45) is 6.52. The summed E-state index contributed by atoms with van der Waals surface area (Å²) in [5.74, 6) is -0.595. The van der Waals surface area contributed by atoms with E-state index in [1.807, 2.05) is 65.6 Å². The molecular formula is C40H45Cl2N7O5. The van der Waals surface area contributed by atoms with Crippen molar-refractivity contribution in [1.82, 2.24) is 20.0 Å². The number of carbonyl (C=O) groups excluding carboxylic acids is 2. The molecule has 7 rings (SSSR count). The number of carboxylic acid groups (broad SMARTS) is 1. The van der Waals surface area contributed by atoms with Crippen LogP contribution in [0.15, 0.2) is 82.2 Å². The number of rotatable bonds is 10. The van der Waals surface area contributed by atoms with Gasteiger partial charge < -0.3 is 29.9 Å². The number of urea groups is 1. The molecule has 3 unspecified atom stereocenters. The second-order valence-corrected chi connectivity index (χ2v) is 15.6. The van der Waals surface area contributed by atoms with Crippen molar-refractivity contribution in [2.75, 3.05) is 46.4 Å². The Hall–Kier alpha value is -4.52. The number of halogens is 2. The van der Waals surface area contributed by atoms with Gasteiger partial charge in [0.1, 0.15) is 17.8 Å². The van der Waals surface area contributed by atoms with Gasteiger partial charge in [-0.2, -0.15) is 5.11 Å². The number of methoxy groups -OCH3 is 1. The van der Waals surface area contributed by atoms with E-state index < -0.39 is 17.6 Å². The van der Waals surface area contributed by atoms with Crippen molar-refractivity contribution in [3.8, 4) is 5.75 Å². The molecule has 2 N–H and O–H groups in total. The Morgan fingerprint density at radius 1 is 0.926 bits per heavy atom. The number of hydrogen-bond acceptors (Lipinski definition) is 8. The average molecular weight is 775 g/mol. The third kappa shape index (κ3) is 7.69. The summed E-state index contributed by atoms with van der Waals surface area (Å²) in [7, 11) is 1.56. The van der Waals surface area contributed by atoms with E-state index in [9.17, 15) is 19.5 Å². The summed E-state index contributed by atoms with van der Waals surface area (Å²) in [6.45, 7) is 3.68. The van der Waals surface area contributed by atoms with E-state index in [4.69, 9.17) is 27.9 Å². The zero-order valence-corrected chi connectivity index (χ0v) is 31.8. The zero-order valence-electron chi connectivity index (χ0n) is 30.3. The Kier molecular flexibility index (Phi) is 11.2. The summed E-state index contributed by atoms with van der Waals surface area (Å²) in [6, 6.07) is 19.8. The third-order valence-corrected chi connectivity index (χ3v) is 12.5. The molecule has 3 amide bonds. The van der Waals surface area contributed by atoms with E-state index in [1.54, 1.807) is 19.4 Å². The van der Waals surface area contributed by atoms with Crippen molar-refractivity contribution < 1.29 is 24.2 Å². The molecule has 3 aromatic carbocycles. The molecule has 284 valence electrons. The van der Waals surface area contributed by atoms with Crippen LogP contribution in [0.25, 0.3) is 0 Å². The molecule has 3 saturated heterocycles. The summed E-state index contributed by atoms with van der Waals surface area (Å²) in [5.41, 5.74) is 2.31. The van der Waals surface area contributed by atoms with Gasteiger partial charge in [0.25, 0.3) is 5.91 Å². The molecule has 0 aromatic heterocycles. The number of nitrogens with one attached hydrogen (secondary N) is 1. The normalized spacial score (nSPS) is 23.8. The maximum absolute atomic E-state index is 14.2. The monoisotopic (exact) mass is 773 g/mol. The van der Waals surface area contributed by atoms with Crippen LogP contribution < -0.4 is 10.1 Å². The summed E-state index contributed by atoms with van der Waals surface area (Å²) in [4.78, 5) is 45.9. The minimum atomic E-state index is -0.963. The highest BCUT2D eigenvalue weighted by Gasteiger charge is 2.44. The van der Waals surface area contributed by atoms with Crippen molar-refractivity contribution in [2.45, 2.75) is 68.0 Å². The summed E-state index contributed by atoms with van der Waals surface area (Å²) in [5, 5.41) is 25.9. The number of carbonyl (C=O) groups is 3. The van der Waals surface area contributed by atoms with Gasteiger partial charge in [-0.1, -0.05) is 65.7 Å². The number of ether oxygens (including phenoxy) is 1. The van der Waals surface area contributed by atoms with Crippen molar-refractivity contribution in [3.63, 3.8) is 0 Å². The maximum atomic E-state index is 14.2. The molecule has 4 aliphatic rings. The van der Waals surface area contributed by atoms with Crippen molar-refractivity contribution in [1.29, 1.82) is 0 Å². The van der Waals surface area contributed by atoms with E-state index in [2.05, 4.69) is 25.7 Å². The lowest BCUT2D eigenvalue weighted by Crippen LogP contribution is -2.59. The molecule has 12 nitrogen and oxygen atoms in total. The lowest BCUT2D eigenvalue weighted by Gasteiger charge is -2.45. The number of hydrogen-bond donors (Lipinski definition) is 2. The fraction of sp³-hybridized carbons (Fsp3) is 0.450. The Labute approximate surface area is 325 Å². The first kappa shape index (κ1) is 37.8. The van der Waals surface area contributed by atoms with Gasteiger partial charge in [0.05, 0.1) is 34.5 Å². The summed E-state index contributed by atoms with van der Waals surface area (Å²) >= 11 is 13.0. The van der Waals surface area contributed by atoms with Gasteiger partial charge in [0.15, 0.2) is 0 Å². The zero-order chi connectivity index (χ0) is 37.9. The molecule has 54 heavy (non-hydrogen) atoms. The van der Waals surface area contributed by atoms with Crippen molar-refractivity contribution in [2.24, 2.45) is 15.4 Å². The molecular weight excluding hydrogens is 729 g/mol. The van der Waals surface area contributed by atoms with Gasteiger partial charge in [-0.05, 0) is 97.7 Å². The van der Waals surface area contributed by atoms with Crippen LogP contribution in [0, 0.1) is 0 Å². The third-order valence-electron chi connectivity index (χ3n) is 11.7. The number of amides is 3. The number of piperidine rings is 2. The minimum absolute atomic E-state index is 0.122. The molecule has 0 aliphatic carbocycles. The lowest BCUT2D eigenvalue weighted by molar-refractivity contribution is -0.143. The summed E-state index contributed by atoms with van der Waals surface area (Å²) < 4.78 is 5.63. The van der Waals surface area contributed by atoms with Gasteiger partial charge in [0.2, 0.25) is 0 Å². The smallest absolute Gasteiger partial charge is 0.326 e. The molecule has 0 spiro atoms. The predicted octanol–water partition coefficient (Wildman–Crippen LogP) is 7.31. The van der Waals surface area contributed by atoms with Crippen molar-refractivity contribution >= 4 is 47.3 Å². The lowest BCUT2D eigenvalue weighted by atomic mass is 9.76. The van der Waals surface area contributed by atoms with Crippen LogP contribution in [0.2, 0.25) is 10.0 Å². The van der Waals surface area contributed by atoms with Crippen LogP contribution in [0.5, 0.6) is 5.75 Å². The van der Waals surface area contributed by atoms with Crippen LogP contribution >= 0.6 is 23.2 Å². The Bertz CT molecular complexity index is 1920. The molecule has 0 radical (unpaired) electrons. The number of benzene rings is 3. The van der Waals surface area contributed by atoms with E-state index in [1.165, 1.54) is 4.90 Å². The standard InChI is InChI=1S/C40H45Cl2N7O5/c1-54-35-13-10-27(33-25-43-46-45-33)23-30(35)36(50)48-22-15-39(26-48,29-11-12-31(41)32(42)24-29)14-19-47-20-16-40(17-21-47,28-7-3-2-4-8-28)44-38(53)49-18-6-5-9-34(49)37(51)52/h2-4,7-8,10-13,23-25,33-34H,5-6,9,14-22,26H2,1H3,(H,44,53)(H,51,52). The minimum Gasteiger partial charge on any atom is -0.496 e. The first-order chi connectivity index (χ1) is 26.1.